The molecule has 3 nitrogen and oxygen atoms in total. The Morgan fingerprint density at radius 2 is 1.50 bits per heavy atom. The Balaban J connectivity index is 2.03. The molecule has 2 rings (SSSR count). The van der Waals surface area contributed by atoms with Gasteiger partial charge in [-0.1, -0.05) is 43.3 Å². The Labute approximate surface area is 119 Å². The maximum atomic E-state index is 9.23. The first-order chi connectivity index (χ1) is 9.72. The lowest BCUT2D eigenvalue weighted by molar-refractivity contribution is 0.0536. The van der Waals surface area contributed by atoms with E-state index in [0.717, 1.165) is 12.0 Å². The molecular weight excluding hydrogens is 252 g/mol. The van der Waals surface area contributed by atoms with Crippen molar-refractivity contribution < 1.29 is 14.9 Å². The van der Waals surface area contributed by atoms with Crippen LogP contribution in [0.5, 0.6) is 5.75 Å². The van der Waals surface area contributed by atoms with Gasteiger partial charge in [0.05, 0.1) is 6.61 Å². The fourth-order valence-electron chi connectivity index (χ4n) is 1.92. The van der Waals surface area contributed by atoms with Crippen molar-refractivity contribution in [2.24, 2.45) is 0 Å². The van der Waals surface area contributed by atoms with E-state index in [1.165, 1.54) is 11.1 Å². The van der Waals surface area contributed by atoms with Crippen LogP contribution in [0, 0.1) is 0 Å². The van der Waals surface area contributed by atoms with E-state index in [0.29, 0.717) is 5.75 Å². The quantitative estimate of drug-likeness (QED) is 0.850. The summed E-state index contributed by atoms with van der Waals surface area (Å²) in [5, 5.41) is 17.9. The molecule has 0 saturated heterocycles. The third-order valence-electron chi connectivity index (χ3n) is 3.20. The molecule has 0 radical (unpaired) electrons. The molecule has 2 aromatic rings. The minimum absolute atomic E-state index is 0.0983. The number of hydrogen-bond donors (Lipinski definition) is 2. The predicted octanol–water partition coefficient (Wildman–Crippen LogP) is 2.65. The standard InChI is InChI=1S/C17H20O3/c1-2-13-3-5-14(6-4-13)15-7-9-17(10-8-15)20-12-16(19)11-18/h3-10,16,18-19H,2,11-12H2,1H3. The van der Waals surface area contributed by atoms with Crippen LogP contribution in [0.25, 0.3) is 11.1 Å². The van der Waals surface area contributed by atoms with Gasteiger partial charge in [-0.2, -0.15) is 0 Å². The van der Waals surface area contributed by atoms with Crippen molar-refractivity contribution in [2.75, 3.05) is 13.2 Å². The third-order valence-corrected chi connectivity index (χ3v) is 3.20. The summed E-state index contributed by atoms with van der Waals surface area (Å²) < 4.78 is 5.38. The lowest BCUT2D eigenvalue weighted by atomic mass is 10.0. The zero-order chi connectivity index (χ0) is 14.4. The van der Waals surface area contributed by atoms with Gasteiger partial charge in [-0.25, -0.2) is 0 Å². The molecule has 2 aromatic carbocycles. The van der Waals surface area contributed by atoms with Crippen LogP contribution in [0.4, 0.5) is 0 Å². The first kappa shape index (κ1) is 14.6. The van der Waals surface area contributed by atoms with Gasteiger partial charge in [0.15, 0.2) is 0 Å². The van der Waals surface area contributed by atoms with E-state index in [1.54, 1.807) is 0 Å². The Morgan fingerprint density at radius 1 is 0.950 bits per heavy atom. The number of aliphatic hydroxyl groups is 2. The molecule has 0 amide bonds. The van der Waals surface area contributed by atoms with Crippen LogP contribution in [0.1, 0.15) is 12.5 Å². The summed E-state index contributed by atoms with van der Waals surface area (Å²) >= 11 is 0. The average molecular weight is 272 g/mol. The van der Waals surface area contributed by atoms with Gasteiger partial charge >= 0.3 is 0 Å². The summed E-state index contributed by atoms with van der Waals surface area (Å²) in [5.74, 6) is 0.687. The first-order valence-electron chi connectivity index (χ1n) is 6.84. The topological polar surface area (TPSA) is 49.7 Å². The van der Waals surface area contributed by atoms with Gasteiger partial charge < -0.3 is 14.9 Å². The third kappa shape index (κ3) is 3.83. The summed E-state index contributed by atoms with van der Waals surface area (Å²) in [6.45, 7) is 1.95. The summed E-state index contributed by atoms with van der Waals surface area (Å²) in [6, 6.07) is 16.2. The zero-order valence-corrected chi connectivity index (χ0v) is 11.6. The van der Waals surface area contributed by atoms with Crippen LogP contribution in [-0.2, 0) is 6.42 Å². The fourth-order valence-corrected chi connectivity index (χ4v) is 1.92. The highest BCUT2D eigenvalue weighted by Gasteiger charge is 2.03. The fraction of sp³-hybridized carbons (Fsp3) is 0.294. The Kier molecular flexibility index (Phi) is 5.16. The van der Waals surface area contributed by atoms with E-state index in [4.69, 9.17) is 9.84 Å². The minimum Gasteiger partial charge on any atom is -0.491 e. The van der Waals surface area contributed by atoms with E-state index in [9.17, 15) is 5.11 Å². The molecule has 0 aliphatic rings. The van der Waals surface area contributed by atoms with E-state index < -0.39 is 6.10 Å². The summed E-state index contributed by atoms with van der Waals surface area (Å²) in [6.07, 6.45) is 0.205. The van der Waals surface area contributed by atoms with Crippen LogP contribution in [0.2, 0.25) is 0 Å². The smallest absolute Gasteiger partial charge is 0.119 e. The molecule has 0 bridgehead atoms. The molecule has 0 spiro atoms. The summed E-state index contributed by atoms with van der Waals surface area (Å²) in [4.78, 5) is 0. The van der Waals surface area contributed by atoms with Gasteiger partial charge in [-0.3, -0.25) is 0 Å². The molecule has 0 saturated carbocycles. The molecule has 0 heterocycles. The van der Waals surface area contributed by atoms with Gasteiger partial charge in [0, 0.05) is 0 Å². The first-order valence-corrected chi connectivity index (χ1v) is 6.84. The molecule has 20 heavy (non-hydrogen) atoms. The number of aryl methyl sites for hydroxylation is 1. The van der Waals surface area contributed by atoms with Gasteiger partial charge in [-0.15, -0.1) is 0 Å². The van der Waals surface area contributed by atoms with Crippen molar-refractivity contribution in [1.82, 2.24) is 0 Å². The van der Waals surface area contributed by atoms with E-state index in [1.807, 2.05) is 24.3 Å². The molecule has 0 aromatic heterocycles. The van der Waals surface area contributed by atoms with Crippen molar-refractivity contribution in [3.05, 3.63) is 54.1 Å². The van der Waals surface area contributed by atoms with Crippen molar-refractivity contribution in [1.29, 1.82) is 0 Å². The highest BCUT2D eigenvalue weighted by molar-refractivity contribution is 5.64. The maximum absolute atomic E-state index is 9.23. The van der Waals surface area contributed by atoms with Crippen LogP contribution < -0.4 is 4.74 Å². The van der Waals surface area contributed by atoms with Crippen LogP contribution >= 0.6 is 0 Å². The lowest BCUT2D eigenvalue weighted by Crippen LogP contribution is -2.21. The number of rotatable bonds is 6. The molecule has 0 aliphatic heterocycles. The number of benzene rings is 2. The zero-order valence-electron chi connectivity index (χ0n) is 11.6. The molecule has 3 heteroatoms. The normalized spacial score (nSPS) is 12.2. The minimum atomic E-state index is -0.837. The molecule has 1 atom stereocenters. The SMILES string of the molecule is CCc1ccc(-c2ccc(OCC(O)CO)cc2)cc1. The van der Waals surface area contributed by atoms with Crippen LogP contribution in [-0.4, -0.2) is 29.5 Å². The average Bonchev–Trinajstić information content (AvgIpc) is 2.53. The molecule has 2 N–H and O–H groups in total. The van der Waals surface area contributed by atoms with Crippen molar-refractivity contribution in [2.45, 2.75) is 19.4 Å². The second kappa shape index (κ2) is 7.08. The maximum Gasteiger partial charge on any atom is 0.119 e. The molecule has 0 fully saturated rings. The predicted molar refractivity (Wildman–Crippen MR) is 79.8 cm³/mol. The van der Waals surface area contributed by atoms with Crippen LogP contribution in [0.3, 0.4) is 0 Å². The van der Waals surface area contributed by atoms with Gasteiger partial charge in [0.2, 0.25) is 0 Å². The number of hydrogen-bond acceptors (Lipinski definition) is 3. The monoisotopic (exact) mass is 272 g/mol. The van der Waals surface area contributed by atoms with Gasteiger partial charge in [0.1, 0.15) is 18.5 Å². The van der Waals surface area contributed by atoms with E-state index in [-0.39, 0.29) is 13.2 Å². The van der Waals surface area contributed by atoms with Gasteiger partial charge in [0.25, 0.3) is 0 Å². The van der Waals surface area contributed by atoms with Crippen molar-refractivity contribution >= 4 is 0 Å². The Morgan fingerprint density at radius 3 is 2.00 bits per heavy atom. The molecular formula is C17H20O3. The molecule has 106 valence electrons. The Bertz CT molecular complexity index is 517. The van der Waals surface area contributed by atoms with Crippen molar-refractivity contribution in [3.8, 4) is 16.9 Å². The largest absolute Gasteiger partial charge is 0.491 e. The summed E-state index contributed by atoms with van der Waals surface area (Å²) in [7, 11) is 0. The Hall–Kier alpha value is -1.84. The van der Waals surface area contributed by atoms with E-state index in [2.05, 4.69) is 31.2 Å². The van der Waals surface area contributed by atoms with E-state index >= 15 is 0 Å². The molecule has 0 aliphatic carbocycles. The highest BCUT2D eigenvalue weighted by Crippen LogP contribution is 2.23. The number of aliphatic hydroxyl groups excluding tert-OH is 2. The highest BCUT2D eigenvalue weighted by atomic mass is 16.5. The number of ether oxygens (including phenoxy) is 1. The van der Waals surface area contributed by atoms with Gasteiger partial charge in [-0.05, 0) is 35.2 Å². The summed E-state index contributed by atoms with van der Waals surface area (Å²) in [5.41, 5.74) is 3.62. The second-order valence-electron chi connectivity index (χ2n) is 4.72. The second-order valence-corrected chi connectivity index (χ2v) is 4.72. The van der Waals surface area contributed by atoms with Crippen molar-refractivity contribution in [3.63, 3.8) is 0 Å². The lowest BCUT2D eigenvalue weighted by Gasteiger charge is -2.10. The molecule has 1 unspecified atom stereocenters. The van der Waals surface area contributed by atoms with Crippen LogP contribution in [0.15, 0.2) is 48.5 Å².